The van der Waals surface area contributed by atoms with Gasteiger partial charge in [0.05, 0.1) is 27.0 Å². The number of thioether (sulfide) groups is 1. The third-order valence-corrected chi connectivity index (χ3v) is 6.46. The molecule has 2 heterocycles. The molecule has 4 aromatic rings. The van der Waals surface area contributed by atoms with Crippen molar-refractivity contribution in [2.24, 2.45) is 0 Å². The van der Waals surface area contributed by atoms with E-state index in [9.17, 15) is 4.79 Å². The lowest BCUT2D eigenvalue weighted by Gasteiger charge is -2.12. The number of aromatic amines is 1. The van der Waals surface area contributed by atoms with Crippen LogP contribution in [0.15, 0.2) is 56.8 Å². The molecule has 0 bridgehead atoms. The molecule has 2 aromatic carbocycles. The number of aryl methyl sites for hydroxylation is 2. The summed E-state index contributed by atoms with van der Waals surface area (Å²) in [5.74, 6) is 3.14. The van der Waals surface area contributed by atoms with Crippen LogP contribution in [-0.2, 0) is 12.2 Å². The zero-order valence-electron chi connectivity index (χ0n) is 20.3. The van der Waals surface area contributed by atoms with Gasteiger partial charge in [-0.1, -0.05) is 42.1 Å². The highest BCUT2D eigenvalue weighted by Gasteiger charge is 2.19. The highest BCUT2D eigenvalue weighted by Crippen LogP contribution is 2.41. The number of hydrogen-bond acceptors (Lipinski definition) is 8. The van der Waals surface area contributed by atoms with Crippen molar-refractivity contribution in [1.29, 1.82) is 0 Å². The number of rotatable bonds is 9. The van der Waals surface area contributed by atoms with E-state index in [1.54, 1.807) is 33.5 Å². The van der Waals surface area contributed by atoms with Gasteiger partial charge in [-0.2, -0.15) is 0 Å². The predicted molar refractivity (Wildman–Crippen MR) is 135 cm³/mol. The first-order valence-corrected chi connectivity index (χ1v) is 11.9. The van der Waals surface area contributed by atoms with Gasteiger partial charge in [-0.3, -0.25) is 4.79 Å². The number of aromatic nitrogens is 3. The van der Waals surface area contributed by atoms with Crippen LogP contribution in [0.5, 0.6) is 17.2 Å². The van der Waals surface area contributed by atoms with E-state index in [2.05, 4.69) is 15.0 Å². The molecule has 0 saturated heterocycles. The van der Waals surface area contributed by atoms with E-state index in [4.69, 9.17) is 18.6 Å². The first-order valence-electron chi connectivity index (χ1n) is 11.0. The molecule has 0 aliphatic rings. The minimum absolute atomic E-state index is 0.126. The summed E-state index contributed by atoms with van der Waals surface area (Å²) in [6.45, 7) is 3.72. The summed E-state index contributed by atoms with van der Waals surface area (Å²) in [6.07, 6.45) is 0.542. The lowest BCUT2D eigenvalue weighted by Crippen LogP contribution is -2.17. The lowest BCUT2D eigenvalue weighted by atomic mass is 10.1. The van der Waals surface area contributed by atoms with Crippen LogP contribution in [0.3, 0.4) is 0 Å². The molecule has 0 unspecified atom stereocenters. The Kier molecular flexibility index (Phi) is 7.45. The largest absolute Gasteiger partial charge is 0.493 e. The average Bonchev–Trinajstić information content (AvgIpc) is 3.25. The summed E-state index contributed by atoms with van der Waals surface area (Å²) in [5, 5.41) is 0.543. The molecule has 1 N–H and O–H groups in total. The van der Waals surface area contributed by atoms with E-state index >= 15 is 0 Å². The van der Waals surface area contributed by atoms with Gasteiger partial charge in [-0.25, -0.2) is 9.97 Å². The molecule has 8 nitrogen and oxygen atoms in total. The van der Waals surface area contributed by atoms with Crippen LogP contribution in [0.25, 0.3) is 11.5 Å². The number of benzene rings is 2. The van der Waals surface area contributed by atoms with Crippen molar-refractivity contribution in [2.45, 2.75) is 31.2 Å². The third kappa shape index (κ3) is 5.35. The van der Waals surface area contributed by atoms with E-state index < -0.39 is 0 Å². The highest BCUT2D eigenvalue weighted by atomic mass is 32.2. The zero-order chi connectivity index (χ0) is 24.9. The first-order chi connectivity index (χ1) is 16.9. The molecule has 0 atom stereocenters. The number of methoxy groups -OCH3 is 3. The van der Waals surface area contributed by atoms with Gasteiger partial charge in [0, 0.05) is 29.0 Å². The summed E-state index contributed by atoms with van der Waals surface area (Å²) in [6, 6.07) is 13.5. The van der Waals surface area contributed by atoms with Crippen molar-refractivity contribution in [3.8, 4) is 28.7 Å². The summed E-state index contributed by atoms with van der Waals surface area (Å²) < 4.78 is 22.2. The van der Waals surface area contributed by atoms with Crippen molar-refractivity contribution in [3.63, 3.8) is 0 Å². The van der Waals surface area contributed by atoms with E-state index in [0.29, 0.717) is 57.4 Å². The van der Waals surface area contributed by atoms with Gasteiger partial charge in [-0.15, -0.1) is 0 Å². The molecule has 4 rings (SSSR count). The lowest BCUT2D eigenvalue weighted by molar-refractivity contribution is 0.324. The number of H-pyrrole nitrogens is 1. The Morgan fingerprint density at radius 1 is 0.971 bits per heavy atom. The number of nitrogens with one attached hydrogen (secondary N) is 1. The van der Waals surface area contributed by atoms with Crippen LogP contribution < -0.4 is 19.8 Å². The van der Waals surface area contributed by atoms with Crippen LogP contribution in [0.2, 0.25) is 0 Å². The zero-order valence-corrected chi connectivity index (χ0v) is 21.1. The minimum atomic E-state index is -0.126. The maximum atomic E-state index is 12.7. The summed E-state index contributed by atoms with van der Waals surface area (Å²) in [4.78, 5) is 24.9. The Hall–Kier alpha value is -3.72. The standard InChI is InChI=1S/C26H27N3O5S/c1-15-19(11-17-9-7-6-8-10-17)24(30)29-26(27-15)35-14-20-16(2)34-25(28-20)18-12-21(31-3)23(33-5)22(13-18)32-4/h6-10,12-13H,11,14H2,1-5H3,(H,27,29,30). The molecule has 0 aliphatic carbocycles. The van der Waals surface area contributed by atoms with Gasteiger partial charge in [0.1, 0.15) is 5.76 Å². The SMILES string of the molecule is COc1cc(-c2nc(CSc3nc(C)c(Cc4ccccc4)c(=O)[nH]3)c(C)o2)cc(OC)c1OC. The Bertz CT molecular complexity index is 1360. The Balaban J connectivity index is 1.53. The molecule has 182 valence electrons. The fraction of sp³-hybridized carbons (Fsp3) is 0.269. The Labute approximate surface area is 207 Å². The van der Waals surface area contributed by atoms with Crippen molar-refractivity contribution < 1.29 is 18.6 Å². The third-order valence-electron chi connectivity index (χ3n) is 5.57. The summed E-state index contributed by atoms with van der Waals surface area (Å²) in [5.41, 5.74) is 3.79. The molecule has 0 amide bonds. The second kappa shape index (κ2) is 10.7. The second-order valence-electron chi connectivity index (χ2n) is 7.82. The normalized spacial score (nSPS) is 10.9. The van der Waals surface area contributed by atoms with Gasteiger partial charge in [0.2, 0.25) is 11.6 Å². The van der Waals surface area contributed by atoms with E-state index in [1.165, 1.54) is 11.8 Å². The van der Waals surface area contributed by atoms with Crippen LogP contribution in [0, 0.1) is 13.8 Å². The number of oxazole rings is 1. The van der Waals surface area contributed by atoms with Crippen LogP contribution >= 0.6 is 11.8 Å². The second-order valence-corrected chi connectivity index (χ2v) is 8.79. The topological polar surface area (TPSA) is 99.5 Å². The van der Waals surface area contributed by atoms with Crippen molar-refractivity contribution in [1.82, 2.24) is 15.0 Å². The van der Waals surface area contributed by atoms with Crippen LogP contribution in [-0.4, -0.2) is 36.3 Å². The predicted octanol–water partition coefficient (Wildman–Crippen LogP) is 4.95. The van der Waals surface area contributed by atoms with Gasteiger partial charge >= 0.3 is 0 Å². The number of ether oxygens (including phenoxy) is 3. The number of hydrogen-bond donors (Lipinski definition) is 1. The molecule has 0 saturated carbocycles. The van der Waals surface area contributed by atoms with Gasteiger partial charge in [-0.05, 0) is 31.5 Å². The molecule has 0 aliphatic heterocycles. The monoisotopic (exact) mass is 493 g/mol. The summed E-state index contributed by atoms with van der Waals surface area (Å²) >= 11 is 1.40. The van der Waals surface area contributed by atoms with Crippen LogP contribution in [0.4, 0.5) is 0 Å². The Morgan fingerprint density at radius 3 is 2.26 bits per heavy atom. The van der Waals surface area contributed by atoms with E-state index in [0.717, 1.165) is 17.0 Å². The van der Waals surface area contributed by atoms with Crippen LogP contribution in [0.1, 0.15) is 28.3 Å². The maximum absolute atomic E-state index is 12.7. The van der Waals surface area contributed by atoms with Gasteiger partial charge < -0.3 is 23.6 Å². The number of nitrogens with zero attached hydrogens (tertiary/aromatic N) is 2. The molecule has 2 aromatic heterocycles. The molecular weight excluding hydrogens is 466 g/mol. The van der Waals surface area contributed by atoms with Crippen molar-refractivity contribution in [3.05, 3.63) is 81.1 Å². The highest BCUT2D eigenvalue weighted by molar-refractivity contribution is 7.98. The first kappa shape index (κ1) is 24.4. The maximum Gasteiger partial charge on any atom is 0.255 e. The molecule has 0 radical (unpaired) electrons. The van der Waals surface area contributed by atoms with Crippen molar-refractivity contribution in [2.75, 3.05) is 21.3 Å². The molecular formula is C26H27N3O5S. The molecule has 0 fully saturated rings. The van der Waals surface area contributed by atoms with Gasteiger partial charge in [0.15, 0.2) is 16.7 Å². The van der Waals surface area contributed by atoms with Crippen molar-refractivity contribution >= 4 is 11.8 Å². The fourth-order valence-corrected chi connectivity index (χ4v) is 4.60. The average molecular weight is 494 g/mol. The molecule has 0 spiro atoms. The van der Waals surface area contributed by atoms with E-state index in [-0.39, 0.29) is 5.56 Å². The van der Waals surface area contributed by atoms with E-state index in [1.807, 2.05) is 44.2 Å². The fourth-order valence-electron chi connectivity index (χ4n) is 3.69. The summed E-state index contributed by atoms with van der Waals surface area (Å²) in [7, 11) is 4.68. The molecule has 35 heavy (non-hydrogen) atoms. The van der Waals surface area contributed by atoms with Gasteiger partial charge in [0.25, 0.3) is 5.56 Å². The minimum Gasteiger partial charge on any atom is -0.493 e. The molecule has 9 heteroatoms. The Morgan fingerprint density at radius 2 is 1.66 bits per heavy atom. The quantitative estimate of drug-likeness (QED) is 0.258. The smallest absolute Gasteiger partial charge is 0.255 e.